The first-order valence-corrected chi connectivity index (χ1v) is 8.89. The third-order valence-corrected chi connectivity index (χ3v) is 4.76. The van der Waals surface area contributed by atoms with Gasteiger partial charge in [0.25, 0.3) is 0 Å². The Morgan fingerprint density at radius 3 is 1.86 bits per heavy atom. The van der Waals surface area contributed by atoms with Gasteiger partial charge in [0.2, 0.25) is 5.91 Å². The molecule has 0 radical (unpaired) electrons. The third kappa shape index (κ3) is 8.45. The summed E-state index contributed by atoms with van der Waals surface area (Å²) < 4.78 is 0. The molecule has 1 unspecified atom stereocenters. The van der Waals surface area contributed by atoms with Crippen LogP contribution >= 0.6 is 0 Å². The minimum Gasteiger partial charge on any atom is -0.328 e. The molecule has 0 fully saturated rings. The maximum Gasteiger partial charge on any atom is 0.223 e. The molecule has 3 nitrogen and oxygen atoms in total. The normalized spacial score (nSPS) is 14.2. The van der Waals surface area contributed by atoms with Crippen LogP contribution in [0.4, 0.5) is 0 Å². The van der Waals surface area contributed by atoms with E-state index < -0.39 is 5.66 Å². The number of nitrogens with zero attached hydrogens (tertiary/aromatic N) is 1. The molecule has 1 atom stereocenters. The predicted octanol–water partition coefficient (Wildman–Crippen LogP) is 4.70. The van der Waals surface area contributed by atoms with Crippen molar-refractivity contribution in [1.29, 1.82) is 0 Å². The Morgan fingerprint density at radius 1 is 1.00 bits per heavy atom. The van der Waals surface area contributed by atoms with E-state index in [4.69, 9.17) is 5.73 Å². The zero-order valence-corrected chi connectivity index (χ0v) is 15.1. The van der Waals surface area contributed by atoms with Crippen LogP contribution in [0.15, 0.2) is 0 Å². The highest BCUT2D eigenvalue weighted by atomic mass is 16.2. The van der Waals surface area contributed by atoms with Gasteiger partial charge in [0.1, 0.15) is 0 Å². The van der Waals surface area contributed by atoms with Crippen LogP contribution in [0.1, 0.15) is 91.9 Å². The highest BCUT2D eigenvalue weighted by Crippen LogP contribution is 2.19. The van der Waals surface area contributed by atoms with Crippen LogP contribution in [0.5, 0.6) is 0 Å². The number of carbonyl (C=O) groups excluding carboxylic acids is 1. The fraction of sp³-hybridized carbons (Fsp3) is 0.944. The smallest absolute Gasteiger partial charge is 0.223 e. The molecule has 126 valence electrons. The predicted molar refractivity (Wildman–Crippen MR) is 92.0 cm³/mol. The van der Waals surface area contributed by atoms with Gasteiger partial charge in [0.15, 0.2) is 0 Å². The lowest BCUT2D eigenvalue weighted by Gasteiger charge is -2.39. The molecule has 0 aromatic carbocycles. The minimum absolute atomic E-state index is 0.177. The van der Waals surface area contributed by atoms with Crippen molar-refractivity contribution in [3.8, 4) is 0 Å². The molecule has 0 heterocycles. The van der Waals surface area contributed by atoms with Crippen LogP contribution in [0.2, 0.25) is 0 Å². The molecule has 3 heteroatoms. The van der Waals surface area contributed by atoms with Crippen LogP contribution in [-0.2, 0) is 4.79 Å². The first kappa shape index (κ1) is 20.4. The summed E-state index contributed by atoms with van der Waals surface area (Å²) in [5.74, 6) is 0.436. The molecule has 0 saturated carbocycles. The lowest BCUT2D eigenvalue weighted by Crippen LogP contribution is -2.57. The Bertz CT molecular complexity index is 274. The summed E-state index contributed by atoms with van der Waals surface area (Å²) in [5.41, 5.74) is 5.67. The van der Waals surface area contributed by atoms with Crippen molar-refractivity contribution in [1.82, 2.24) is 4.90 Å². The molecule has 1 amide bonds. The van der Waals surface area contributed by atoms with E-state index in [1.807, 2.05) is 14.0 Å². The van der Waals surface area contributed by atoms with Crippen LogP contribution in [-0.4, -0.2) is 23.5 Å². The Hall–Kier alpha value is -0.570. The van der Waals surface area contributed by atoms with Gasteiger partial charge in [-0.3, -0.25) is 4.79 Å². The van der Waals surface area contributed by atoms with Gasteiger partial charge in [0, 0.05) is 13.5 Å². The van der Waals surface area contributed by atoms with Crippen LogP contribution in [0.25, 0.3) is 0 Å². The van der Waals surface area contributed by atoms with Gasteiger partial charge >= 0.3 is 0 Å². The van der Waals surface area contributed by atoms with E-state index in [-0.39, 0.29) is 11.8 Å². The zero-order chi connectivity index (χ0) is 16.3. The summed E-state index contributed by atoms with van der Waals surface area (Å²) in [6.07, 6.45) is 12.1. The lowest BCUT2D eigenvalue weighted by atomic mass is 9.97. The van der Waals surface area contributed by atoms with E-state index in [0.717, 1.165) is 12.8 Å². The Balaban J connectivity index is 3.67. The zero-order valence-electron chi connectivity index (χ0n) is 15.1. The molecule has 0 bridgehead atoms. The van der Waals surface area contributed by atoms with Crippen molar-refractivity contribution in [3.63, 3.8) is 0 Å². The lowest BCUT2D eigenvalue weighted by molar-refractivity contribution is -0.136. The number of unbranched alkanes of at least 4 members (excludes halogenated alkanes) is 8. The first-order valence-electron chi connectivity index (χ1n) is 8.89. The summed E-state index contributed by atoms with van der Waals surface area (Å²) >= 11 is 0. The molecule has 0 saturated heterocycles. The second-order valence-corrected chi connectivity index (χ2v) is 6.91. The monoisotopic (exact) mass is 298 g/mol. The molecule has 0 aromatic heterocycles. The molecule has 0 rings (SSSR count). The average Bonchev–Trinajstić information content (AvgIpc) is 2.44. The maximum atomic E-state index is 12.1. The first-order chi connectivity index (χ1) is 9.84. The number of hydrogen-bond acceptors (Lipinski definition) is 2. The Kier molecular flexibility index (Phi) is 10.8. The van der Waals surface area contributed by atoms with Gasteiger partial charge in [-0.25, -0.2) is 0 Å². The largest absolute Gasteiger partial charge is 0.328 e. The van der Waals surface area contributed by atoms with E-state index in [0.29, 0.717) is 6.42 Å². The van der Waals surface area contributed by atoms with Crippen molar-refractivity contribution in [2.75, 3.05) is 7.05 Å². The molecule has 0 aliphatic carbocycles. The standard InChI is InChI=1S/C18H38N2O/c1-6-7-8-9-10-11-12-13-14-15-17(21)20(5)18(4,19)16(2)3/h16H,6-15,19H2,1-5H3. The van der Waals surface area contributed by atoms with Crippen LogP contribution in [0, 0.1) is 5.92 Å². The second kappa shape index (κ2) is 11.1. The number of hydrogen-bond donors (Lipinski definition) is 1. The highest BCUT2D eigenvalue weighted by molar-refractivity contribution is 5.76. The van der Waals surface area contributed by atoms with E-state index in [9.17, 15) is 4.79 Å². The molecule has 0 aliphatic rings. The molecule has 0 aromatic rings. The summed E-state index contributed by atoms with van der Waals surface area (Å²) in [7, 11) is 1.83. The number of nitrogens with two attached hydrogens (primary N) is 1. The topological polar surface area (TPSA) is 46.3 Å². The Morgan fingerprint density at radius 2 is 1.43 bits per heavy atom. The summed E-state index contributed by atoms with van der Waals surface area (Å²) in [6, 6.07) is 0. The summed E-state index contributed by atoms with van der Waals surface area (Å²) in [6.45, 7) is 8.30. The molecular formula is C18H38N2O. The van der Waals surface area contributed by atoms with Crippen LogP contribution in [0.3, 0.4) is 0 Å². The molecular weight excluding hydrogens is 260 g/mol. The van der Waals surface area contributed by atoms with Gasteiger partial charge in [-0.15, -0.1) is 0 Å². The average molecular weight is 299 g/mol. The Labute approximate surface area is 132 Å². The van der Waals surface area contributed by atoms with E-state index in [1.54, 1.807) is 4.90 Å². The van der Waals surface area contributed by atoms with Crippen molar-refractivity contribution in [2.24, 2.45) is 11.7 Å². The van der Waals surface area contributed by atoms with Gasteiger partial charge in [-0.1, -0.05) is 72.1 Å². The van der Waals surface area contributed by atoms with Gasteiger partial charge in [-0.2, -0.15) is 0 Å². The van der Waals surface area contributed by atoms with Crippen molar-refractivity contribution in [3.05, 3.63) is 0 Å². The molecule has 21 heavy (non-hydrogen) atoms. The van der Waals surface area contributed by atoms with Gasteiger partial charge in [0.05, 0.1) is 5.66 Å². The molecule has 0 aliphatic heterocycles. The third-order valence-electron chi connectivity index (χ3n) is 4.76. The summed E-state index contributed by atoms with van der Waals surface area (Å²) in [5, 5.41) is 0. The fourth-order valence-electron chi connectivity index (χ4n) is 2.41. The fourth-order valence-corrected chi connectivity index (χ4v) is 2.41. The minimum atomic E-state index is -0.545. The van der Waals surface area contributed by atoms with Gasteiger partial charge in [-0.05, 0) is 19.3 Å². The van der Waals surface area contributed by atoms with Crippen molar-refractivity contribution < 1.29 is 4.79 Å². The number of rotatable bonds is 12. The quantitative estimate of drug-likeness (QED) is 0.419. The van der Waals surface area contributed by atoms with E-state index >= 15 is 0 Å². The molecule has 2 N–H and O–H groups in total. The SMILES string of the molecule is CCCCCCCCCCCC(=O)N(C)C(C)(N)C(C)C. The highest BCUT2D eigenvalue weighted by Gasteiger charge is 2.30. The second-order valence-electron chi connectivity index (χ2n) is 6.91. The maximum absolute atomic E-state index is 12.1. The summed E-state index contributed by atoms with van der Waals surface area (Å²) in [4.78, 5) is 13.9. The van der Waals surface area contributed by atoms with Gasteiger partial charge < -0.3 is 10.6 Å². The van der Waals surface area contributed by atoms with E-state index in [2.05, 4.69) is 20.8 Å². The van der Waals surface area contributed by atoms with Crippen LogP contribution < -0.4 is 5.73 Å². The molecule has 0 spiro atoms. The number of carbonyl (C=O) groups is 1. The van der Waals surface area contributed by atoms with Crippen molar-refractivity contribution >= 4 is 5.91 Å². The number of amides is 1. The van der Waals surface area contributed by atoms with Crippen molar-refractivity contribution in [2.45, 2.75) is 97.6 Å². The van der Waals surface area contributed by atoms with E-state index in [1.165, 1.54) is 44.9 Å².